The molecule has 1 aliphatic heterocycles. The molecule has 6 heteroatoms. The molecule has 1 heterocycles. The molecule has 0 fully saturated rings. The molecule has 2 amide bonds. The molecule has 0 aromatic heterocycles. The second-order valence-corrected chi connectivity index (χ2v) is 6.83. The van der Waals surface area contributed by atoms with Gasteiger partial charge in [0.1, 0.15) is 10.7 Å². The molecule has 25 heavy (non-hydrogen) atoms. The number of aryl methyl sites for hydroxylation is 2. The lowest BCUT2D eigenvalue weighted by Crippen LogP contribution is -2.31. The van der Waals surface area contributed by atoms with Crippen LogP contribution in [0.2, 0.25) is 5.02 Å². The van der Waals surface area contributed by atoms with Crippen molar-refractivity contribution in [2.24, 2.45) is 0 Å². The molecule has 0 radical (unpaired) electrons. The zero-order valence-corrected chi connectivity index (χ0v) is 15.3. The fourth-order valence-corrected chi connectivity index (χ4v) is 3.12. The Morgan fingerprint density at radius 2 is 1.52 bits per heavy atom. The first-order valence-electron chi connectivity index (χ1n) is 7.71. The first-order chi connectivity index (χ1) is 11.8. The Balaban J connectivity index is 1.82. The third kappa shape index (κ3) is 3.70. The van der Waals surface area contributed by atoms with Crippen LogP contribution in [0.4, 0.5) is 5.69 Å². The van der Waals surface area contributed by atoms with Crippen molar-refractivity contribution in [1.82, 2.24) is 4.90 Å². The van der Waals surface area contributed by atoms with E-state index in [2.05, 4.69) is 5.32 Å². The molecule has 0 bridgehead atoms. The molecule has 1 N–H and O–H groups in total. The molecular formula is C19H16Cl2N2O2. The number of anilines is 1. The van der Waals surface area contributed by atoms with Gasteiger partial charge in [0.05, 0.1) is 6.54 Å². The van der Waals surface area contributed by atoms with Crippen LogP contribution in [-0.2, 0) is 16.1 Å². The van der Waals surface area contributed by atoms with E-state index in [0.717, 1.165) is 27.3 Å². The lowest BCUT2D eigenvalue weighted by Gasteiger charge is -2.15. The minimum absolute atomic E-state index is 0.0990. The number of nitrogens with zero attached hydrogens (tertiary/aromatic N) is 1. The lowest BCUT2D eigenvalue weighted by molar-refractivity contribution is -0.138. The summed E-state index contributed by atoms with van der Waals surface area (Å²) in [5, 5.41) is 3.49. The molecule has 0 unspecified atom stereocenters. The van der Waals surface area contributed by atoms with Gasteiger partial charge in [-0.2, -0.15) is 0 Å². The van der Waals surface area contributed by atoms with Crippen molar-refractivity contribution in [3.8, 4) is 0 Å². The second-order valence-electron chi connectivity index (χ2n) is 6.01. The molecule has 0 saturated carbocycles. The monoisotopic (exact) mass is 374 g/mol. The summed E-state index contributed by atoms with van der Waals surface area (Å²) in [4.78, 5) is 26.1. The molecule has 0 spiro atoms. The Morgan fingerprint density at radius 1 is 0.920 bits per heavy atom. The number of benzene rings is 2. The van der Waals surface area contributed by atoms with Crippen molar-refractivity contribution in [2.45, 2.75) is 20.4 Å². The van der Waals surface area contributed by atoms with Crippen molar-refractivity contribution in [2.75, 3.05) is 5.32 Å². The average Bonchev–Trinajstić information content (AvgIpc) is 2.74. The minimum atomic E-state index is -0.506. The second kappa shape index (κ2) is 6.90. The Labute approximate surface area is 156 Å². The van der Waals surface area contributed by atoms with Gasteiger partial charge >= 0.3 is 0 Å². The highest BCUT2D eigenvalue weighted by Gasteiger charge is 2.37. The number of nitrogens with one attached hydrogen (secondary N) is 1. The quantitative estimate of drug-likeness (QED) is 0.807. The van der Waals surface area contributed by atoms with Crippen LogP contribution in [0.5, 0.6) is 0 Å². The van der Waals surface area contributed by atoms with E-state index < -0.39 is 11.8 Å². The first-order valence-corrected chi connectivity index (χ1v) is 8.46. The van der Waals surface area contributed by atoms with E-state index >= 15 is 0 Å². The highest BCUT2D eigenvalue weighted by molar-refractivity contribution is 6.48. The van der Waals surface area contributed by atoms with Gasteiger partial charge in [-0.1, -0.05) is 41.4 Å². The van der Waals surface area contributed by atoms with Crippen LogP contribution in [0.3, 0.4) is 0 Å². The van der Waals surface area contributed by atoms with E-state index in [-0.39, 0.29) is 17.3 Å². The summed E-state index contributed by atoms with van der Waals surface area (Å²) in [5.41, 5.74) is 3.72. The van der Waals surface area contributed by atoms with Crippen molar-refractivity contribution >= 4 is 40.7 Å². The summed E-state index contributed by atoms with van der Waals surface area (Å²) >= 11 is 12.0. The van der Waals surface area contributed by atoms with E-state index in [1.54, 1.807) is 24.3 Å². The van der Waals surface area contributed by atoms with Gasteiger partial charge in [0.2, 0.25) is 0 Å². The molecule has 0 atom stereocenters. The first kappa shape index (κ1) is 17.5. The van der Waals surface area contributed by atoms with Gasteiger partial charge in [-0.25, -0.2) is 0 Å². The Hall–Kier alpha value is -2.30. The number of rotatable bonds is 4. The number of halogens is 2. The normalized spacial score (nSPS) is 14.5. The van der Waals surface area contributed by atoms with Gasteiger partial charge in [-0.05, 0) is 54.8 Å². The fourth-order valence-electron chi connectivity index (χ4n) is 2.76. The Kier molecular flexibility index (Phi) is 4.84. The number of hydrogen-bond donors (Lipinski definition) is 1. The molecule has 2 aromatic rings. The standard InChI is InChI=1S/C19H16Cl2N2O2/c1-11-7-12(2)9-15(8-11)22-17-16(21)18(24)23(19(17)25)10-13-3-5-14(20)6-4-13/h3-9,22H,10H2,1-2H3. The van der Waals surface area contributed by atoms with Gasteiger partial charge in [-0.15, -0.1) is 0 Å². The summed E-state index contributed by atoms with van der Waals surface area (Å²) in [7, 11) is 0. The molecule has 0 aliphatic carbocycles. The number of carbonyl (C=O) groups excluding carboxylic acids is 2. The molecule has 3 rings (SSSR count). The average molecular weight is 375 g/mol. The topological polar surface area (TPSA) is 49.4 Å². The van der Waals surface area contributed by atoms with Crippen molar-refractivity contribution < 1.29 is 9.59 Å². The van der Waals surface area contributed by atoms with Crippen LogP contribution in [0.25, 0.3) is 0 Å². The maximum Gasteiger partial charge on any atom is 0.279 e. The van der Waals surface area contributed by atoms with Crippen LogP contribution < -0.4 is 5.32 Å². The number of imide groups is 1. The van der Waals surface area contributed by atoms with Gasteiger partial charge < -0.3 is 5.32 Å². The summed E-state index contributed by atoms with van der Waals surface area (Å²) in [6, 6.07) is 12.8. The van der Waals surface area contributed by atoms with Gasteiger partial charge in [0, 0.05) is 10.7 Å². The molecule has 0 saturated heterocycles. The summed E-state index contributed by atoms with van der Waals surface area (Å²) in [6.07, 6.45) is 0. The van der Waals surface area contributed by atoms with Gasteiger partial charge in [-0.3, -0.25) is 14.5 Å². The molecule has 128 valence electrons. The molecule has 4 nitrogen and oxygen atoms in total. The molecular weight excluding hydrogens is 359 g/mol. The third-order valence-corrected chi connectivity index (χ3v) is 4.46. The predicted molar refractivity (Wildman–Crippen MR) is 99.4 cm³/mol. The van der Waals surface area contributed by atoms with Crippen molar-refractivity contribution in [1.29, 1.82) is 0 Å². The van der Waals surface area contributed by atoms with Crippen LogP contribution in [-0.4, -0.2) is 16.7 Å². The maximum atomic E-state index is 12.6. The van der Waals surface area contributed by atoms with Crippen molar-refractivity contribution in [3.05, 3.63) is 74.9 Å². The van der Waals surface area contributed by atoms with E-state index in [1.807, 2.05) is 32.0 Å². The minimum Gasteiger partial charge on any atom is -0.350 e. The van der Waals surface area contributed by atoms with E-state index in [4.69, 9.17) is 23.2 Å². The van der Waals surface area contributed by atoms with Gasteiger partial charge in [0.15, 0.2) is 0 Å². The Bertz CT molecular complexity index is 869. The third-order valence-electron chi connectivity index (χ3n) is 3.86. The van der Waals surface area contributed by atoms with Crippen LogP contribution in [0.1, 0.15) is 16.7 Å². The van der Waals surface area contributed by atoms with E-state index in [9.17, 15) is 9.59 Å². The molecule has 2 aromatic carbocycles. The maximum absolute atomic E-state index is 12.6. The summed E-state index contributed by atoms with van der Waals surface area (Å²) in [5.74, 6) is -0.947. The largest absolute Gasteiger partial charge is 0.350 e. The number of carbonyl (C=O) groups is 2. The Morgan fingerprint density at radius 3 is 2.12 bits per heavy atom. The zero-order valence-electron chi connectivity index (χ0n) is 13.8. The highest BCUT2D eigenvalue weighted by Crippen LogP contribution is 2.28. The van der Waals surface area contributed by atoms with Crippen LogP contribution in [0.15, 0.2) is 53.2 Å². The van der Waals surface area contributed by atoms with Gasteiger partial charge in [0.25, 0.3) is 11.8 Å². The SMILES string of the molecule is Cc1cc(C)cc(NC2=C(Cl)C(=O)N(Cc3ccc(Cl)cc3)C2=O)c1. The number of hydrogen-bond acceptors (Lipinski definition) is 3. The highest BCUT2D eigenvalue weighted by atomic mass is 35.5. The molecule has 1 aliphatic rings. The predicted octanol–water partition coefficient (Wildman–Crippen LogP) is 4.39. The van der Waals surface area contributed by atoms with Crippen molar-refractivity contribution in [3.63, 3.8) is 0 Å². The summed E-state index contributed by atoms with van der Waals surface area (Å²) < 4.78 is 0. The zero-order chi connectivity index (χ0) is 18.1. The fraction of sp³-hybridized carbons (Fsp3) is 0.158. The smallest absolute Gasteiger partial charge is 0.279 e. The lowest BCUT2D eigenvalue weighted by atomic mass is 10.1. The summed E-state index contributed by atoms with van der Waals surface area (Å²) in [6.45, 7) is 4.06. The van der Waals surface area contributed by atoms with Crippen LogP contribution in [0, 0.1) is 13.8 Å². The number of amides is 2. The van der Waals surface area contributed by atoms with E-state index in [1.165, 1.54) is 0 Å². The van der Waals surface area contributed by atoms with Crippen LogP contribution >= 0.6 is 23.2 Å². The van der Waals surface area contributed by atoms with E-state index in [0.29, 0.717) is 5.02 Å².